The SMILES string of the molecule is Cn1cc(CN2CCCC2c2nc3ccccc3c(=O)n2C)nn1. The number of para-hydroxylation sites is 1. The Balaban J connectivity index is 1.73. The van der Waals surface area contributed by atoms with Crippen LogP contribution in [0.15, 0.2) is 35.3 Å². The topological polar surface area (TPSA) is 68.8 Å². The molecule has 1 fully saturated rings. The fraction of sp³-hybridized carbons (Fsp3) is 0.412. The van der Waals surface area contributed by atoms with Crippen LogP contribution in [0.5, 0.6) is 0 Å². The second-order valence-electron chi connectivity index (χ2n) is 6.36. The predicted octanol–water partition coefficient (Wildman–Crippen LogP) is 1.40. The largest absolute Gasteiger partial charge is 0.298 e. The zero-order valence-electron chi connectivity index (χ0n) is 13.9. The van der Waals surface area contributed by atoms with Gasteiger partial charge in [0, 0.05) is 26.8 Å². The van der Waals surface area contributed by atoms with E-state index in [1.54, 1.807) is 9.25 Å². The van der Waals surface area contributed by atoms with E-state index in [-0.39, 0.29) is 11.6 Å². The molecule has 1 saturated heterocycles. The van der Waals surface area contributed by atoms with E-state index in [2.05, 4.69) is 15.2 Å². The molecule has 3 heterocycles. The molecular formula is C17H20N6O. The number of rotatable bonds is 3. The van der Waals surface area contributed by atoms with E-state index < -0.39 is 0 Å². The van der Waals surface area contributed by atoms with Crippen LogP contribution in [0.2, 0.25) is 0 Å². The average Bonchev–Trinajstić information content (AvgIpc) is 3.20. The first-order valence-electron chi connectivity index (χ1n) is 8.18. The monoisotopic (exact) mass is 324 g/mol. The van der Waals surface area contributed by atoms with Crippen molar-refractivity contribution >= 4 is 10.9 Å². The zero-order valence-corrected chi connectivity index (χ0v) is 13.9. The molecule has 24 heavy (non-hydrogen) atoms. The van der Waals surface area contributed by atoms with Gasteiger partial charge in [-0.25, -0.2) is 4.98 Å². The maximum atomic E-state index is 12.7. The summed E-state index contributed by atoms with van der Waals surface area (Å²) in [6.45, 7) is 1.70. The number of hydrogen-bond acceptors (Lipinski definition) is 5. The molecule has 0 N–H and O–H groups in total. The van der Waals surface area contributed by atoms with Crippen LogP contribution in [0.25, 0.3) is 10.9 Å². The Bertz CT molecular complexity index is 944. The molecule has 0 saturated carbocycles. The molecule has 7 heteroatoms. The van der Waals surface area contributed by atoms with Crippen molar-refractivity contribution in [2.24, 2.45) is 14.1 Å². The molecule has 1 aromatic carbocycles. The molecule has 0 spiro atoms. The molecule has 0 radical (unpaired) electrons. The molecule has 1 aliphatic rings. The zero-order chi connectivity index (χ0) is 16.7. The Morgan fingerprint density at radius 2 is 2.08 bits per heavy atom. The summed E-state index contributed by atoms with van der Waals surface area (Å²) < 4.78 is 3.41. The van der Waals surface area contributed by atoms with E-state index in [0.29, 0.717) is 5.39 Å². The van der Waals surface area contributed by atoms with Gasteiger partial charge in [0.15, 0.2) is 0 Å². The molecule has 0 amide bonds. The molecule has 2 aromatic heterocycles. The van der Waals surface area contributed by atoms with Gasteiger partial charge in [-0.1, -0.05) is 17.3 Å². The Hall–Kier alpha value is -2.54. The number of fused-ring (bicyclic) bond motifs is 1. The van der Waals surface area contributed by atoms with Gasteiger partial charge in [0.25, 0.3) is 5.56 Å². The molecule has 7 nitrogen and oxygen atoms in total. The van der Waals surface area contributed by atoms with E-state index in [0.717, 1.165) is 43.0 Å². The van der Waals surface area contributed by atoms with E-state index in [9.17, 15) is 4.79 Å². The van der Waals surface area contributed by atoms with Gasteiger partial charge in [0.1, 0.15) is 5.82 Å². The highest BCUT2D eigenvalue weighted by molar-refractivity contribution is 5.77. The van der Waals surface area contributed by atoms with Gasteiger partial charge >= 0.3 is 0 Å². The molecule has 0 bridgehead atoms. The van der Waals surface area contributed by atoms with Crippen LogP contribution < -0.4 is 5.56 Å². The maximum absolute atomic E-state index is 12.7. The van der Waals surface area contributed by atoms with Gasteiger partial charge in [0.2, 0.25) is 0 Å². The summed E-state index contributed by atoms with van der Waals surface area (Å²) in [6.07, 6.45) is 4.02. The highest BCUT2D eigenvalue weighted by Crippen LogP contribution is 2.31. The molecule has 1 unspecified atom stereocenters. The summed E-state index contributed by atoms with van der Waals surface area (Å²) in [5.74, 6) is 0.833. The fourth-order valence-corrected chi connectivity index (χ4v) is 3.52. The molecule has 4 rings (SSSR count). The number of likely N-dealkylation sites (tertiary alicyclic amines) is 1. The van der Waals surface area contributed by atoms with Gasteiger partial charge in [-0.15, -0.1) is 5.10 Å². The quantitative estimate of drug-likeness (QED) is 0.728. The Labute approximate surface area is 139 Å². The minimum absolute atomic E-state index is 0.0157. The van der Waals surface area contributed by atoms with Crippen molar-refractivity contribution in [2.75, 3.05) is 6.54 Å². The first kappa shape index (κ1) is 15.0. The highest BCUT2D eigenvalue weighted by atomic mass is 16.1. The smallest absolute Gasteiger partial charge is 0.261 e. The van der Waals surface area contributed by atoms with Crippen molar-refractivity contribution in [3.63, 3.8) is 0 Å². The molecule has 3 aromatic rings. The van der Waals surface area contributed by atoms with Crippen LogP contribution in [-0.4, -0.2) is 36.0 Å². The van der Waals surface area contributed by atoms with Crippen LogP contribution in [0.3, 0.4) is 0 Å². The van der Waals surface area contributed by atoms with Crippen LogP contribution >= 0.6 is 0 Å². The van der Waals surface area contributed by atoms with Crippen molar-refractivity contribution in [3.8, 4) is 0 Å². The molecule has 124 valence electrons. The van der Waals surface area contributed by atoms with Crippen molar-refractivity contribution in [2.45, 2.75) is 25.4 Å². The van der Waals surface area contributed by atoms with Crippen LogP contribution in [0, 0.1) is 0 Å². The molecule has 0 aliphatic carbocycles. The second kappa shape index (κ2) is 5.83. The minimum Gasteiger partial charge on any atom is -0.298 e. The predicted molar refractivity (Wildman–Crippen MR) is 90.4 cm³/mol. The Morgan fingerprint density at radius 1 is 1.25 bits per heavy atom. The maximum Gasteiger partial charge on any atom is 0.261 e. The first-order valence-corrected chi connectivity index (χ1v) is 8.18. The molecule has 1 atom stereocenters. The number of benzene rings is 1. The lowest BCUT2D eigenvalue weighted by Gasteiger charge is -2.24. The van der Waals surface area contributed by atoms with E-state index in [4.69, 9.17) is 4.98 Å². The summed E-state index contributed by atoms with van der Waals surface area (Å²) in [5.41, 5.74) is 1.72. The summed E-state index contributed by atoms with van der Waals surface area (Å²) >= 11 is 0. The second-order valence-corrected chi connectivity index (χ2v) is 6.36. The first-order chi connectivity index (χ1) is 11.6. The number of aryl methyl sites for hydroxylation is 1. The lowest BCUT2D eigenvalue weighted by atomic mass is 10.1. The summed E-state index contributed by atoms with van der Waals surface area (Å²) in [4.78, 5) is 19.8. The minimum atomic E-state index is 0.0157. The molecule has 1 aliphatic heterocycles. The summed E-state index contributed by atoms with van der Waals surface area (Å²) in [5, 5.41) is 8.85. The van der Waals surface area contributed by atoms with E-state index in [1.807, 2.05) is 44.6 Å². The Morgan fingerprint density at radius 3 is 2.88 bits per heavy atom. The van der Waals surface area contributed by atoms with Crippen molar-refractivity contribution in [1.82, 2.24) is 29.4 Å². The summed E-state index contributed by atoms with van der Waals surface area (Å²) in [7, 11) is 3.68. The fourth-order valence-electron chi connectivity index (χ4n) is 3.52. The third-order valence-corrected chi connectivity index (χ3v) is 4.69. The standard InChI is InChI=1S/C17H20N6O/c1-21-10-12(19-20-21)11-23-9-5-8-15(23)16-18-14-7-4-3-6-13(14)17(24)22(16)2/h3-4,6-7,10,15H,5,8-9,11H2,1-2H3. The third-order valence-electron chi connectivity index (χ3n) is 4.69. The lowest BCUT2D eigenvalue weighted by molar-refractivity contribution is 0.232. The number of nitrogens with zero attached hydrogens (tertiary/aromatic N) is 6. The van der Waals surface area contributed by atoms with Crippen LogP contribution in [0.4, 0.5) is 0 Å². The van der Waals surface area contributed by atoms with E-state index >= 15 is 0 Å². The van der Waals surface area contributed by atoms with Crippen molar-refractivity contribution in [3.05, 3.63) is 52.3 Å². The average molecular weight is 324 g/mol. The summed E-state index contributed by atoms with van der Waals surface area (Å²) in [6, 6.07) is 7.67. The van der Waals surface area contributed by atoms with E-state index in [1.165, 1.54) is 0 Å². The normalized spacial score (nSPS) is 18.5. The highest BCUT2D eigenvalue weighted by Gasteiger charge is 2.30. The molecular weight excluding hydrogens is 304 g/mol. The number of aromatic nitrogens is 5. The van der Waals surface area contributed by atoms with Gasteiger partial charge < -0.3 is 0 Å². The van der Waals surface area contributed by atoms with Gasteiger partial charge in [-0.3, -0.25) is 18.9 Å². The number of hydrogen-bond donors (Lipinski definition) is 0. The van der Waals surface area contributed by atoms with Crippen molar-refractivity contribution < 1.29 is 0 Å². The van der Waals surface area contributed by atoms with Gasteiger partial charge in [0.05, 0.1) is 22.6 Å². The third kappa shape index (κ3) is 2.50. The lowest BCUT2D eigenvalue weighted by Crippen LogP contribution is -2.30. The van der Waals surface area contributed by atoms with Crippen LogP contribution in [0.1, 0.15) is 30.4 Å². The van der Waals surface area contributed by atoms with Crippen LogP contribution in [-0.2, 0) is 20.6 Å². The Kier molecular flexibility index (Phi) is 3.65. The van der Waals surface area contributed by atoms with Crippen molar-refractivity contribution in [1.29, 1.82) is 0 Å². The van der Waals surface area contributed by atoms with Gasteiger partial charge in [-0.2, -0.15) is 0 Å². The van der Waals surface area contributed by atoms with Gasteiger partial charge in [-0.05, 0) is 31.5 Å².